The average Bonchev–Trinajstić information content (AvgIpc) is 2.98. The van der Waals surface area contributed by atoms with E-state index >= 15 is 0 Å². The van der Waals surface area contributed by atoms with Gasteiger partial charge < -0.3 is 4.90 Å². The molecule has 0 aliphatic carbocycles. The van der Waals surface area contributed by atoms with E-state index in [4.69, 9.17) is 4.98 Å². The van der Waals surface area contributed by atoms with E-state index in [1.165, 1.54) is 17.1 Å². The number of nitrogens with zero attached hydrogens (tertiary/aromatic N) is 4. The molecule has 1 fully saturated rings. The van der Waals surface area contributed by atoms with Crippen molar-refractivity contribution < 1.29 is 0 Å². The second kappa shape index (κ2) is 6.57. The summed E-state index contributed by atoms with van der Waals surface area (Å²) in [6.45, 7) is 13.0. The van der Waals surface area contributed by atoms with Gasteiger partial charge in [-0.1, -0.05) is 51.1 Å². The van der Waals surface area contributed by atoms with Gasteiger partial charge >= 0.3 is 0 Å². The first-order valence-corrected chi connectivity index (χ1v) is 9.08. The molecule has 124 valence electrons. The molecule has 0 unspecified atom stereocenters. The zero-order valence-electron chi connectivity index (χ0n) is 14.5. The second-order valence-electron chi connectivity index (χ2n) is 7.41. The van der Waals surface area contributed by atoms with Crippen molar-refractivity contribution in [3.63, 3.8) is 0 Å². The van der Waals surface area contributed by atoms with Crippen molar-refractivity contribution in [1.29, 1.82) is 0 Å². The van der Waals surface area contributed by atoms with Crippen LogP contribution in [0.2, 0.25) is 0 Å². The van der Waals surface area contributed by atoms with Gasteiger partial charge in [-0.05, 0) is 12.5 Å². The molecule has 4 nitrogen and oxygen atoms in total. The molecule has 5 heteroatoms. The molecule has 1 aliphatic rings. The summed E-state index contributed by atoms with van der Waals surface area (Å²) in [5.41, 5.74) is 1.41. The van der Waals surface area contributed by atoms with Crippen LogP contribution in [0.15, 0.2) is 30.3 Å². The Kier molecular flexibility index (Phi) is 4.69. The molecule has 0 amide bonds. The van der Waals surface area contributed by atoms with Gasteiger partial charge in [-0.15, -0.1) is 0 Å². The van der Waals surface area contributed by atoms with Crippen LogP contribution in [-0.4, -0.2) is 39.9 Å². The van der Waals surface area contributed by atoms with Crippen LogP contribution in [0.5, 0.6) is 0 Å². The zero-order chi connectivity index (χ0) is 16.4. The van der Waals surface area contributed by atoms with Crippen molar-refractivity contribution in [2.75, 3.05) is 24.5 Å². The second-order valence-corrected chi connectivity index (χ2v) is 8.14. The Hall–Kier alpha value is -1.46. The summed E-state index contributed by atoms with van der Waals surface area (Å²) in [5.74, 6) is 0.955. The first kappa shape index (κ1) is 16.4. The van der Waals surface area contributed by atoms with Gasteiger partial charge in [0, 0.05) is 49.2 Å². The highest BCUT2D eigenvalue weighted by atomic mass is 32.1. The Morgan fingerprint density at radius 1 is 1.17 bits per heavy atom. The van der Waals surface area contributed by atoms with Gasteiger partial charge in [-0.25, -0.2) is 4.98 Å². The minimum atomic E-state index is 0.0210. The van der Waals surface area contributed by atoms with Crippen LogP contribution < -0.4 is 4.90 Å². The Morgan fingerprint density at radius 3 is 2.52 bits per heavy atom. The summed E-state index contributed by atoms with van der Waals surface area (Å²) >= 11 is 1.54. The van der Waals surface area contributed by atoms with E-state index in [2.05, 4.69) is 72.2 Å². The quantitative estimate of drug-likeness (QED) is 0.861. The molecule has 0 saturated carbocycles. The van der Waals surface area contributed by atoms with Crippen molar-refractivity contribution >= 4 is 16.7 Å². The Labute approximate surface area is 143 Å². The third kappa shape index (κ3) is 3.90. The number of hydrogen-bond donors (Lipinski definition) is 0. The van der Waals surface area contributed by atoms with E-state index < -0.39 is 0 Å². The number of rotatable bonds is 3. The lowest BCUT2D eigenvalue weighted by Crippen LogP contribution is -2.51. The molecule has 0 N–H and O–H groups in total. The van der Waals surface area contributed by atoms with Crippen molar-refractivity contribution in [1.82, 2.24) is 14.3 Å². The summed E-state index contributed by atoms with van der Waals surface area (Å²) in [6, 6.07) is 11.2. The van der Waals surface area contributed by atoms with E-state index in [1.807, 2.05) is 0 Å². The maximum absolute atomic E-state index is 4.78. The van der Waals surface area contributed by atoms with Crippen molar-refractivity contribution in [2.24, 2.45) is 0 Å². The smallest absolute Gasteiger partial charge is 0.205 e. The molecule has 3 rings (SSSR count). The monoisotopic (exact) mass is 330 g/mol. The van der Waals surface area contributed by atoms with Crippen molar-refractivity contribution in [3.05, 3.63) is 41.7 Å². The molecule has 0 spiro atoms. The normalized spacial score (nSPS) is 20.0. The molecular weight excluding hydrogens is 304 g/mol. The molecule has 1 aliphatic heterocycles. The maximum Gasteiger partial charge on any atom is 0.205 e. The SMILES string of the molecule is C[C@@H]1CN(Cc2ccccc2)CCN1c1nc(C(C)(C)C)ns1. The zero-order valence-corrected chi connectivity index (χ0v) is 15.3. The van der Waals surface area contributed by atoms with E-state index in [0.29, 0.717) is 6.04 Å². The van der Waals surface area contributed by atoms with E-state index in [1.54, 1.807) is 0 Å². The largest absolute Gasteiger partial charge is 0.342 e. The lowest BCUT2D eigenvalue weighted by molar-refractivity contribution is 0.221. The first-order valence-electron chi connectivity index (χ1n) is 8.30. The van der Waals surface area contributed by atoms with Gasteiger partial charge in [0.05, 0.1) is 0 Å². The van der Waals surface area contributed by atoms with Crippen molar-refractivity contribution in [3.8, 4) is 0 Å². The summed E-state index contributed by atoms with van der Waals surface area (Å²) in [4.78, 5) is 9.72. The summed E-state index contributed by atoms with van der Waals surface area (Å²) in [7, 11) is 0. The van der Waals surface area contributed by atoms with Crippen LogP contribution >= 0.6 is 11.5 Å². The third-order valence-electron chi connectivity index (χ3n) is 4.29. The lowest BCUT2D eigenvalue weighted by Gasteiger charge is -2.39. The molecular formula is C18H26N4S. The van der Waals surface area contributed by atoms with Gasteiger partial charge in [0.15, 0.2) is 0 Å². The van der Waals surface area contributed by atoms with Gasteiger partial charge in [-0.2, -0.15) is 4.37 Å². The highest BCUT2D eigenvalue weighted by Gasteiger charge is 2.28. The Balaban J connectivity index is 1.63. The van der Waals surface area contributed by atoms with Crippen LogP contribution in [0.1, 0.15) is 39.1 Å². The minimum absolute atomic E-state index is 0.0210. The third-order valence-corrected chi connectivity index (χ3v) is 5.05. The minimum Gasteiger partial charge on any atom is -0.342 e. The van der Waals surface area contributed by atoms with Gasteiger partial charge in [0.1, 0.15) is 5.82 Å². The van der Waals surface area contributed by atoms with Crippen molar-refractivity contribution in [2.45, 2.75) is 45.7 Å². The summed E-state index contributed by atoms with van der Waals surface area (Å²) in [5, 5.41) is 1.07. The number of piperazine rings is 1. The highest BCUT2D eigenvalue weighted by Crippen LogP contribution is 2.28. The Morgan fingerprint density at radius 2 is 1.91 bits per heavy atom. The fourth-order valence-corrected chi connectivity index (χ4v) is 3.93. The van der Waals surface area contributed by atoms with Gasteiger partial charge in [0.25, 0.3) is 0 Å². The fourth-order valence-electron chi connectivity index (χ4n) is 2.94. The van der Waals surface area contributed by atoms with Crippen LogP contribution in [0.3, 0.4) is 0 Å². The van der Waals surface area contributed by atoms with Crippen LogP contribution in [0.4, 0.5) is 5.13 Å². The van der Waals surface area contributed by atoms with Crippen LogP contribution in [0.25, 0.3) is 0 Å². The fraction of sp³-hybridized carbons (Fsp3) is 0.556. The van der Waals surface area contributed by atoms with Crippen LogP contribution in [-0.2, 0) is 12.0 Å². The van der Waals surface area contributed by atoms with E-state index in [9.17, 15) is 0 Å². The molecule has 1 saturated heterocycles. The molecule has 0 radical (unpaired) electrons. The molecule has 23 heavy (non-hydrogen) atoms. The summed E-state index contributed by atoms with van der Waals surface area (Å²) < 4.78 is 4.56. The molecule has 0 bridgehead atoms. The molecule has 1 aromatic carbocycles. The summed E-state index contributed by atoms with van der Waals surface area (Å²) in [6.07, 6.45) is 0. The van der Waals surface area contributed by atoms with Crippen LogP contribution in [0, 0.1) is 0 Å². The number of hydrogen-bond acceptors (Lipinski definition) is 5. The molecule has 2 heterocycles. The number of benzene rings is 1. The molecule has 1 aromatic heterocycles. The number of aromatic nitrogens is 2. The molecule has 2 aromatic rings. The average molecular weight is 331 g/mol. The number of anilines is 1. The van der Waals surface area contributed by atoms with Gasteiger partial charge in [0.2, 0.25) is 5.13 Å². The standard InChI is InChI=1S/C18H26N4S/c1-14-12-21(13-15-8-6-5-7-9-15)10-11-22(14)17-19-16(20-23-17)18(2,3)4/h5-9,14H,10-13H2,1-4H3/t14-/m1/s1. The predicted octanol–water partition coefficient (Wildman–Crippen LogP) is 3.55. The van der Waals surface area contributed by atoms with E-state index in [-0.39, 0.29) is 5.41 Å². The van der Waals surface area contributed by atoms with Gasteiger partial charge in [-0.3, -0.25) is 4.90 Å². The maximum atomic E-state index is 4.78. The predicted molar refractivity (Wildman–Crippen MR) is 97.1 cm³/mol. The highest BCUT2D eigenvalue weighted by molar-refractivity contribution is 7.09. The lowest BCUT2D eigenvalue weighted by atomic mass is 9.96. The first-order chi connectivity index (χ1) is 10.9. The van der Waals surface area contributed by atoms with E-state index in [0.717, 1.165) is 37.1 Å². The topological polar surface area (TPSA) is 32.3 Å². The molecule has 1 atom stereocenters. The Bertz CT molecular complexity index is 632.